The second-order valence-corrected chi connectivity index (χ2v) is 4.30. The molecule has 70 valence electrons. The van der Waals surface area contributed by atoms with Gasteiger partial charge < -0.3 is 0 Å². The summed E-state index contributed by atoms with van der Waals surface area (Å²) < 4.78 is 1.28. The normalized spacial score (nSPS) is 13.5. The van der Waals surface area contributed by atoms with Gasteiger partial charge in [-0.15, -0.1) is 11.3 Å². The van der Waals surface area contributed by atoms with Crippen LogP contribution >= 0.6 is 11.3 Å². The summed E-state index contributed by atoms with van der Waals surface area (Å²) in [6.45, 7) is 0. The first-order valence-electron chi connectivity index (χ1n) is 4.67. The molecule has 0 unspecified atom stereocenters. The summed E-state index contributed by atoms with van der Waals surface area (Å²) in [6.07, 6.45) is 3.51. The van der Waals surface area contributed by atoms with Crippen molar-refractivity contribution >= 4 is 33.3 Å². The maximum atomic E-state index is 4.27. The molecule has 0 bridgehead atoms. The molecule has 2 aromatic rings. The Labute approximate surface area is 91.4 Å². The zero-order valence-corrected chi connectivity index (χ0v) is 8.71. The number of thiophene rings is 1. The number of benzene rings is 1. The Balaban J connectivity index is 2.25. The van der Waals surface area contributed by atoms with Crippen molar-refractivity contribution in [2.24, 2.45) is 4.99 Å². The molecule has 1 aromatic heterocycles. The van der Waals surface area contributed by atoms with Gasteiger partial charge in [0.25, 0.3) is 0 Å². The average Bonchev–Trinajstić information content (AvgIpc) is 2.74. The molecule has 3 rings (SSSR count). The Bertz CT molecular complexity index is 615. The summed E-state index contributed by atoms with van der Waals surface area (Å²) in [5, 5.41) is 1.26. The van der Waals surface area contributed by atoms with E-state index in [1.807, 2.05) is 6.07 Å². The Kier molecular flexibility index (Phi) is 1.90. The van der Waals surface area contributed by atoms with Crippen molar-refractivity contribution in [2.45, 2.75) is 0 Å². The van der Waals surface area contributed by atoms with Crippen LogP contribution in [0.1, 0.15) is 4.88 Å². The van der Waals surface area contributed by atoms with E-state index in [1.54, 1.807) is 23.6 Å². The molecular formula is C13H7NS. The van der Waals surface area contributed by atoms with E-state index in [0.717, 1.165) is 10.6 Å². The maximum Gasteiger partial charge on any atom is 0.130 e. The van der Waals surface area contributed by atoms with Crippen molar-refractivity contribution in [3.63, 3.8) is 0 Å². The molecule has 0 atom stereocenters. The van der Waals surface area contributed by atoms with Crippen molar-refractivity contribution in [1.82, 2.24) is 0 Å². The van der Waals surface area contributed by atoms with Crippen LogP contribution in [0.2, 0.25) is 0 Å². The van der Waals surface area contributed by atoms with Crippen LogP contribution in [0.3, 0.4) is 0 Å². The first kappa shape index (κ1) is 8.46. The van der Waals surface area contributed by atoms with Crippen LogP contribution in [-0.4, -0.2) is 6.21 Å². The lowest BCUT2D eigenvalue weighted by molar-refractivity contribution is 1.61. The molecule has 15 heavy (non-hydrogen) atoms. The highest BCUT2D eigenvalue weighted by atomic mass is 32.1. The molecule has 0 aliphatic carbocycles. The minimum Gasteiger partial charge on any atom is -0.246 e. The molecule has 1 aliphatic rings. The third-order valence-corrected chi connectivity index (χ3v) is 3.33. The van der Waals surface area contributed by atoms with Gasteiger partial charge in [0.1, 0.15) is 5.70 Å². The Morgan fingerprint density at radius 2 is 2.13 bits per heavy atom. The fourth-order valence-electron chi connectivity index (χ4n) is 1.52. The number of hydrogen-bond donors (Lipinski definition) is 0. The first-order valence-corrected chi connectivity index (χ1v) is 5.48. The second-order valence-electron chi connectivity index (χ2n) is 3.21. The summed E-state index contributed by atoms with van der Waals surface area (Å²) in [6, 6.07) is 10.5. The fourth-order valence-corrected chi connectivity index (χ4v) is 2.53. The highest BCUT2D eigenvalue weighted by Crippen LogP contribution is 2.30. The van der Waals surface area contributed by atoms with E-state index in [-0.39, 0.29) is 0 Å². The van der Waals surface area contributed by atoms with Gasteiger partial charge in [-0.05, 0) is 23.3 Å². The quantitative estimate of drug-likeness (QED) is 0.636. The lowest BCUT2D eigenvalue weighted by atomic mass is 10.2. The predicted octanol–water partition coefficient (Wildman–Crippen LogP) is 3.64. The van der Waals surface area contributed by atoms with Crippen molar-refractivity contribution in [1.29, 1.82) is 0 Å². The van der Waals surface area contributed by atoms with Crippen molar-refractivity contribution in [3.8, 4) is 0 Å². The monoisotopic (exact) mass is 209 g/mol. The fraction of sp³-hybridized carbons (Fsp3) is 0. The van der Waals surface area contributed by atoms with Crippen LogP contribution in [-0.2, 0) is 0 Å². The van der Waals surface area contributed by atoms with E-state index < -0.39 is 0 Å². The zero-order valence-electron chi connectivity index (χ0n) is 7.90. The average molecular weight is 209 g/mol. The standard InChI is InChI=1S/C13H7NS/c1-2-7-12-10(5-1)9-13(15-12)11-6-3-4-8-14-11/h1-2,4-5,7-9H. The van der Waals surface area contributed by atoms with Gasteiger partial charge in [0.05, 0.1) is 4.88 Å². The van der Waals surface area contributed by atoms with Crippen molar-refractivity contribution < 1.29 is 0 Å². The highest BCUT2D eigenvalue weighted by Gasteiger charge is 2.05. The molecule has 0 fully saturated rings. The van der Waals surface area contributed by atoms with Gasteiger partial charge in [0.2, 0.25) is 0 Å². The molecule has 1 aliphatic heterocycles. The second kappa shape index (κ2) is 3.38. The molecule has 0 radical (unpaired) electrons. The SMILES string of the molecule is C1=C=C(c2cc3ccccc3s2)N=CC=1. The summed E-state index contributed by atoms with van der Waals surface area (Å²) in [5.74, 6) is 0. The predicted molar refractivity (Wildman–Crippen MR) is 65.3 cm³/mol. The van der Waals surface area contributed by atoms with Gasteiger partial charge in [0, 0.05) is 17.0 Å². The summed E-state index contributed by atoms with van der Waals surface area (Å²) in [7, 11) is 0. The largest absolute Gasteiger partial charge is 0.246 e. The molecule has 1 nitrogen and oxygen atoms in total. The number of allylic oxidation sites excluding steroid dienone is 1. The smallest absolute Gasteiger partial charge is 0.130 e. The van der Waals surface area contributed by atoms with Gasteiger partial charge in [-0.1, -0.05) is 23.9 Å². The van der Waals surface area contributed by atoms with E-state index in [4.69, 9.17) is 0 Å². The highest BCUT2D eigenvalue weighted by molar-refractivity contribution is 7.20. The van der Waals surface area contributed by atoms with Crippen LogP contribution in [0.15, 0.2) is 52.9 Å². The number of aliphatic imine (C=N–C) groups is 1. The van der Waals surface area contributed by atoms with Gasteiger partial charge in [-0.3, -0.25) is 0 Å². The molecule has 0 saturated carbocycles. The Morgan fingerprint density at radius 3 is 2.93 bits per heavy atom. The molecule has 0 N–H and O–H groups in total. The van der Waals surface area contributed by atoms with E-state index in [1.165, 1.54) is 10.1 Å². The molecular weight excluding hydrogens is 202 g/mol. The molecule has 0 amide bonds. The van der Waals surface area contributed by atoms with Crippen molar-refractivity contribution in [2.75, 3.05) is 0 Å². The van der Waals surface area contributed by atoms with Crippen LogP contribution in [0.4, 0.5) is 0 Å². The van der Waals surface area contributed by atoms with Gasteiger partial charge in [-0.25, -0.2) is 4.99 Å². The third-order valence-electron chi connectivity index (χ3n) is 2.21. The number of nitrogens with zero attached hydrogens (tertiary/aromatic N) is 1. The number of fused-ring (bicyclic) bond motifs is 1. The van der Waals surface area contributed by atoms with E-state index in [2.05, 4.69) is 40.7 Å². The van der Waals surface area contributed by atoms with Gasteiger partial charge in [0.15, 0.2) is 0 Å². The first-order chi connectivity index (χ1) is 7.43. The van der Waals surface area contributed by atoms with Crippen molar-refractivity contribution in [3.05, 3.63) is 52.7 Å². The molecule has 2 heterocycles. The topological polar surface area (TPSA) is 12.4 Å². The summed E-state index contributed by atoms with van der Waals surface area (Å²) in [5.41, 5.74) is 6.82. The number of rotatable bonds is 1. The Hall–Kier alpha value is -1.85. The van der Waals surface area contributed by atoms with Crippen LogP contribution < -0.4 is 0 Å². The molecule has 1 aromatic carbocycles. The maximum absolute atomic E-state index is 4.27. The summed E-state index contributed by atoms with van der Waals surface area (Å²) >= 11 is 1.74. The number of hydrogen-bond acceptors (Lipinski definition) is 2. The van der Waals surface area contributed by atoms with Gasteiger partial charge >= 0.3 is 0 Å². The molecule has 0 spiro atoms. The van der Waals surface area contributed by atoms with Crippen LogP contribution in [0.5, 0.6) is 0 Å². The zero-order chi connectivity index (χ0) is 10.1. The molecule has 0 saturated heterocycles. The summed E-state index contributed by atoms with van der Waals surface area (Å²) in [4.78, 5) is 5.41. The van der Waals surface area contributed by atoms with Crippen LogP contribution in [0.25, 0.3) is 15.8 Å². The lowest BCUT2D eigenvalue weighted by Crippen LogP contribution is -1.75. The third kappa shape index (κ3) is 1.47. The Morgan fingerprint density at radius 1 is 1.20 bits per heavy atom. The van der Waals surface area contributed by atoms with E-state index in [9.17, 15) is 0 Å². The minimum absolute atomic E-state index is 0.874. The van der Waals surface area contributed by atoms with E-state index in [0.29, 0.717) is 0 Å². The van der Waals surface area contributed by atoms with Gasteiger partial charge in [-0.2, -0.15) is 0 Å². The van der Waals surface area contributed by atoms with E-state index >= 15 is 0 Å². The lowest BCUT2D eigenvalue weighted by Gasteiger charge is -1.92. The van der Waals surface area contributed by atoms with Crippen LogP contribution in [0, 0.1) is 0 Å². The molecule has 2 heteroatoms. The minimum atomic E-state index is 0.874.